The van der Waals surface area contributed by atoms with Gasteiger partial charge in [-0.15, -0.1) is 35.3 Å². The Bertz CT molecular complexity index is 638. The molecular weight excluding hydrogens is 485 g/mol. The maximum Gasteiger partial charge on any atom is 0.225 e. The monoisotopic (exact) mass is 519 g/mol. The summed E-state index contributed by atoms with van der Waals surface area (Å²) >= 11 is 1.86. The molecule has 28 heavy (non-hydrogen) atoms. The van der Waals surface area contributed by atoms with Gasteiger partial charge in [0.1, 0.15) is 0 Å². The zero-order valence-corrected chi connectivity index (χ0v) is 20.2. The molecule has 1 saturated carbocycles. The van der Waals surface area contributed by atoms with Gasteiger partial charge in [-0.1, -0.05) is 13.3 Å². The first-order chi connectivity index (χ1) is 13.2. The first-order valence-electron chi connectivity index (χ1n) is 10.2. The average Bonchev–Trinajstić information content (AvgIpc) is 3.11. The largest absolute Gasteiger partial charge is 0.355 e. The lowest BCUT2D eigenvalue weighted by Crippen LogP contribution is -2.52. The fraction of sp³-hybridized carbons (Fsp3) is 0.700. The highest BCUT2D eigenvalue weighted by Crippen LogP contribution is 2.28. The predicted molar refractivity (Wildman–Crippen MR) is 128 cm³/mol. The van der Waals surface area contributed by atoms with E-state index in [4.69, 9.17) is 0 Å². The van der Waals surface area contributed by atoms with Crippen LogP contribution in [0.5, 0.6) is 0 Å². The number of piperazine rings is 1. The molecule has 1 amide bonds. The van der Waals surface area contributed by atoms with Gasteiger partial charge in [0.05, 0.1) is 6.54 Å². The van der Waals surface area contributed by atoms with Crippen molar-refractivity contribution in [3.63, 3.8) is 0 Å². The summed E-state index contributed by atoms with van der Waals surface area (Å²) in [6.07, 6.45) is 4.52. The summed E-state index contributed by atoms with van der Waals surface area (Å²) in [5.41, 5.74) is 0. The van der Waals surface area contributed by atoms with Crippen LogP contribution < -0.4 is 10.6 Å². The second kappa shape index (κ2) is 12.0. The maximum absolute atomic E-state index is 12.3. The van der Waals surface area contributed by atoms with Gasteiger partial charge in [0.15, 0.2) is 5.96 Å². The molecule has 158 valence electrons. The highest BCUT2D eigenvalue weighted by molar-refractivity contribution is 14.0. The van der Waals surface area contributed by atoms with Crippen molar-refractivity contribution in [2.24, 2.45) is 10.9 Å². The molecule has 6 nitrogen and oxygen atoms in total. The first-order valence-corrected chi connectivity index (χ1v) is 11.0. The van der Waals surface area contributed by atoms with Gasteiger partial charge in [-0.2, -0.15) is 0 Å². The Labute approximate surface area is 190 Å². The normalized spacial score (nSPS) is 18.4. The number of hydrogen-bond donors (Lipinski definition) is 2. The molecule has 0 spiro atoms. The Morgan fingerprint density at radius 2 is 1.89 bits per heavy atom. The number of thiophene rings is 1. The third-order valence-corrected chi connectivity index (χ3v) is 6.81. The highest BCUT2D eigenvalue weighted by Gasteiger charge is 2.30. The smallest absolute Gasteiger partial charge is 0.225 e. The van der Waals surface area contributed by atoms with Crippen LogP contribution in [0.25, 0.3) is 0 Å². The molecule has 2 fully saturated rings. The van der Waals surface area contributed by atoms with E-state index in [1.165, 1.54) is 16.2 Å². The van der Waals surface area contributed by atoms with E-state index in [-0.39, 0.29) is 24.0 Å². The number of aliphatic imine (C=N–C) groups is 1. The van der Waals surface area contributed by atoms with Gasteiger partial charge in [0, 0.05) is 62.0 Å². The number of halogens is 1. The van der Waals surface area contributed by atoms with Gasteiger partial charge in [-0.05, 0) is 31.4 Å². The van der Waals surface area contributed by atoms with Crippen LogP contribution in [0.2, 0.25) is 0 Å². The zero-order valence-electron chi connectivity index (χ0n) is 17.1. The van der Waals surface area contributed by atoms with Crippen LogP contribution >= 0.6 is 35.3 Å². The van der Waals surface area contributed by atoms with E-state index in [1.54, 1.807) is 0 Å². The standard InChI is InChI=1S/C20H33N5OS.HI/c1-3-17-7-8-18(27-17)15-23-20(21-2)22-9-10-24-11-13-25(14-12-24)19(26)16-5-4-6-16;/h7-8,16H,3-6,9-15H2,1-2H3,(H2,21,22,23);1H. The topological polar surface area (TPSA) is 60.0 Å². The second-order valence-electron chi connectivity index (χ2n) is 7.37. The molecule has 0 atom stereocenters. The van der Waals surface area contributed by atoms with Gasteiger partial charge in [-0.3, -0.25) is 14.7 Å². The van der Waals surface area contributed by atoms with Crippen molar-refractivity contribution in [2.45, 2.75) is 39.2 Å². The van der Waals surface area contributed by atoms with Crippen LogP contribution in [-0.2, 0) is 17.8 Å². The van der Waals surface area contributed by atoms with E-state index in [1.807, 2.05) is 18.4 Å². The quantitative estimate of drug-likeness (QED) is 0.330. The molecule has 1 saturated heterocycles. The summed E-state index contributed by atoms with van der Waals surface area (Å²) in [5, 5.41) is 6.79. The minimum atomic E-state index is 0. The average molecular weight is 519 g/mol. The van der Waals surface area contributed by atoms with E-state index in [2.05, 4.69) is 44.5 Å². The summed E-state index contributed by atoms with van der Waals surface area (Å²) in [6.45, 7) is 8.54. The van der Waals surface area contributed by atoms with Crippen LogP contribution in [0, 0.1) is 5.92 Å². The molecule has 2 aliphatic rings. The third-order valence-electron chi connectivity index (χ3n) is 5.58. The Morgan fingerprint density at radius 1 is 1.18 bits per heavy atom. The molecule has 1 aromatic heterocycles. The zero-order chi connectivity index (χ0) is 19.1. The lowest BCUT2D eigenvalue weighted by molar-refractivity contribution is -0.139. The number of nitrogens with one attached hydrogen (secondary N) is 2. The van der Waals surface area contributed by atoms with Crippen molar-refractivity contribution in [3.8, 4) is 0 Å². The Hall–Kier alpha value is -0.870. The molecule has 0 aromatic carbocycles. The Morgan fingerprint density at radius 3 is 2.46 bits per heavy atom. The number of amides is 1. The van der Waals surface area contributed by atoms with Crippen molar-refractivity contribution >= 4 is 47.2 Å². The molecule has 3 rings (SSSR count). The summed E-state index contributed by atoms with van der Waals surface area (Å²) in [4.78, 5) is 23.9. The van der Waals surface area contributed by atoms with Gasteiger partial charge < -0.3 is 15.5 Å². The van der Waals surface area contributed by atoms with Crippen molar-refractivity contribution in [3.05, 3.63) is 21.9 Å². The van der Waals surface area contributed by atoms with E-state index in [9.17, 15) is 4.79 Å². The molecule has 1 aliphatic carbocycles. The minimum absolute atomic E-state index is 0. The van der Waals surface area contributed by atoms with Crippen molar-refractivity contribution in [1.82, 2.24) is 20.4 Å². The van der Waals surface area contributed by atoms with Gasteiger partial charge in [0.2, 0.25) is 5.91 Å². The van der Waals surface area contributed by atoms with Crippen LogP contribution in [0.4, 0.5) is 0 Å². The highest BCUT2D eigenvalue weighted by atomic mass is 127. The molecule has 1 aliphatic heterocycles. The lowest BCUT2D eigenvalue weighted by Gasteiger charge is -2.38. The van der Waals surface area contributed by atoms with E-state index < -0.39 is 0 Å². The summed E-state index contributed by atoms with van der Waals surface area (Å²) in [7, 11) is 1.81. The van der Waals surface area contributed by atoms with Crippen LogP contribution in [0.15, 0.2) is 17.1 Å². The van der Waals surface area contributed by atoms with Gasteiger partial charge in [-0.25, -0.2) is 0 Å². The fourth-order valence-electron chi connectivity index (χ4n) is 3.54. The number of carbonyl (C=O) groups is 1. The number of carbonyl (C=O) groups excluding carboxylic acids is 1. The van der Waals surface area contributed by atoms with E-state index in [0.717, 1.165) is 71.0 Å². The second-order valence-corrected chi connectivity index (χ2v) is 8.62. The summed E-state index contributed by atoms with van der Waals surface area (Å²) < 4.78 is 0. The van der Waals surface area contributed by atoms with Gasteiger partial charge >= 0.3 is 0 Å². The third kappa shape index (κ3) is 6.59. The number of rotatable bonds is 7. The van der Waals surface area contributed by atoms with Crippen molar-refractivity contribution in [2.75, 3.05) is 46.3 Å². The SMILES string of the molecule is CCc1ccc(CNC(=NC)NCCN2CCN(C(=O)C3CCC3)CC2)s1.I. The molecule has 2 heterocycles. The molecule has 0 unspecified atom stereocenters. The van der Waals surface area contributed by atoms with Gasteiger partial charge in [0.25, 0.3) is 0 Å². The molecule has 0 radical (unpaired) electrons. The van der Waals surface area contributed by atoms with Crippen molar-refractivity contribution in [1.29, 1.82) is 0 Å². The number of hydrogen-bond acceptors (Lipinski definition) is 4. The molecular formula is C20H34IN5OS. The summed E-state index contributed by atoms with van der Waals surface area (Å²) in [6, 6.07) is 4.39. The number of aryl methyl sites for hydroxylation is 1. The molecule has 8 heteroatoms. The first kappa shape index (κ1) is 23.4. The predicted octanol–water partition coefficient (Wildman–Crippen LogP) is 2.54. The summed E-state index contributed by atoms with van der Waals surface area (Å²) in [5.74, 6) is 1.56. The molecule has 2 N–H and O–H groups in total. The lowest BCUT2D eigenvalue weighted by atomic mass is 9.84. The fourth-order valence-corrected chi connectivity index (χ4v) is 4.43. The van der Waals surface area contributed by atoms with E-state index >= 15 is 0 Å². The van der Waals surface area contributed by atoms with Crippen LogP contribution in [-0.4, -0.2) is 68.0 Å². The minimum Gasteiger partial charge on any atom is -0.355 e. The number of guanidine groups is 1. The van der Waals surface area contributed by atoms with Crippen LogP contribution in [0.3, 0.4) is 0 Å². The van der Waals surface area contributed by atoms with Crippen molar-refractivity contribution < 1.29 is 4.79 Å². The molecule has 0 bridgehead atoms. The van der Waals surface area contributed by atoms with E-state index in [0.29, 0.717) is 11.8 Å². The Kier molecular flexibility index (Phi) is 10.0. The number of nitrogens with zero attached hydrogens (tertiary/aromatic N) is 3. The Balaban J connectivity index is 0.00000280. The van der Waals surface area contributed by atoms with Crippen LogP contribution in [0.1, 0.15) is 35.9 Å². The molecule has 1 aromatic rings. The maximum atomic E-state index is 12.3.